The Kier molecular flexibility index (Phi) is 3.87. The Bertz CT molecular complexity index is 488. The zero-order chi connectivity index (χ0) is 12.1. The van der Waals surface area contributed by atoms with Crippen LogP contribution < -0.4 is 5.32 Å². The summed E-state index contributed by atoms with van der Waals surface area (Å²) in [6, 6.07) is 3.70. The van der Waals surface area contributed by atoms with Gasteiger partial charge in [-0.2, -0.15) is 0 Å². The number of hydrogen-bond donors (Lipinski definition) is 1. The molecule has 0 unspecified atom stereocenters. The Balaban J connectivity index is 2.06. The molecule has 2 aromatic heterocycles. The molecule has 0 saturated carbocycles. The summed E-state index contributed by atoms with van der Waals surface area (Å²) in [5, 5.41) is 3.95. The van der Waals surface area contributed by atoms with Crippen molar-refractivity contribution in [3.05, 3.63) is 36.0 Å². The van der Waals surface area contributed by atoms with Gasteiger partial charge in [-0.3, -0.25) is 0 Å². The van der Waals surface area contributed by atoms with Crippen LogP contribution in [0.1, 0.15) is 11.5 Å². The summed E-state index contributed by atoms with van der Waals surface area (Å²) in [5.41, 5.74) is 0.945. The summed E-state index contributed by atoms with van der Waals surface area (Å²) in [6.07, 6.45) is 5.41. The van der Waals surface area contributed by atoms with E-state index in [9.17, 15) is 0 Å². The number of thioether (sulfide) groups is 1. The minimum absolute atomic E-state index is 0.561. The molecule has 17 heavy (non-hydrogen) atoms. The lowest BCUT2D eigenvalue weighted by atomic mass is 10.4. The van der Waals surface area contributed by atoms with E-state index in [0.29, 0.717) is 6.54 Å². The Labute approximate surface area is 104 Å². The molecule has 2 aromatic rings. The number of nitrogens with zero attached hydrogens (tertiary/aromatic N) is 4. The second-order valence-electron chi connectivity index (χ2n) is 3.40. The van der Waals surface area contributed by atoms with Crippen LogP contribution in [0.3, 0.4) is 0 Å². The fourth-order valence-corrected chi connectivity index (χ4v) is 1.74. The predicted octanol–water partition coefficient (Wildman–Crippen LogP) is 1.91. The lowest BCUT2D eigenvalue weighted by Gasteiger charge is -2.06. The second-order valence-corrected chi connectivity index (χ2v) is 4.17. The maximum absolute atomic E-state index is 4.35. The van der Waals surface area contributed by atoms with Crippen molar-refractivity contribution in [2.45, 2.75) is 18.6 Å². The van der Waals surface area contributed by atoms with E-state index in [1.165, 1.54) is 11.8 Å². The van der Waals surface area contributed by atoms with Crippen molar-refractivity contribution in [1.29, 1.82) is 0 Å². The molecule has 0 aliphatic carbocycles. The first kappa shape index (κ1) is 11.8. The molecule has 0 atom stereocenters. The average molecular weight is 247 g/mol. The summed E-state index contributed by atoms with van der Waals surface area (Å²) < 4.78 is 0. The van der Waals surface area contributed by atoms with Gasteiger partial charge in [-0.05, 0) is 19.2 Å². The molecule has 0 radical (unpaired) electrons. The standard InChI is InChI=1S/C11H13N5S/c1-8-6-9(16-11(15-8)17-2)14-7-10-12-4-3-5-13-10/h3-6H,7H2,1-2H3,(H,14,15,16). The van der Waals surface area contributed by atoms with Gasteiger partial charge in [0.2, 0.25) is 0 Å². The highest BCUT2D eigenvalue weighted by Crippen LogP contribution is 2.13. The number of rotatable bonds is 4. The molecule has 5 nitrogen and oxygen atoms in total. The molecular formula is C11H13N5S. The van der Waals surface area contributed by atoms with Crippen molar-refractivity contribution in [3.63, 3.8) is 0 Å². The minimum Gasteiger partial charge on any atom is -0.363 e. The van der Waals surface area contributed by atoms with Crippen molar-refractivity contribution in [2.75, 3.05) is 11.6 Å². The van der Waals surface area contributed by atoms with Gasteiger partial charge in [-0.25, -0.2) is 19.9 Å². The zero-order valence-electron chi connectivity index (χ0n) is 9.71. The van der Waals surface area contributed by atoms with E-state index in [-0.39, 0.29) is 0 Å². The lowest BCUT2D eigenvalue weighted by molar-refractivity contribution is 0.899. The van der Waals surface area contributed by atoms with Crippen LogP contribution in [-0.2, 0) is 6.54 Å². The third-order valence-corrected chi connectivity index (χ3v) is 2.61. The summed E-state index contributed by atoms with van der Waals surface area (Å²) in [5.74, 6) is 1.55. The van der Waals surface area contributed by atoms with Gasteiger partial charge in [-0.15, -0.1) is 0 Å². The van der Waals surface area contributed by atoms with Gasteiger partial charge in [0.15, 0.2) is 5.16 Å². The van der Waals surface area contributed by atoms with Gasteiger partial charge in [0.1, 0.15) is 11.6 Å². The average Bonchev–Trinajstić information content (AvgIpc) is 2.37. The molecule has 1 N–H and O–H groups in total. The molecule has 0 amide bonds. The fraction of sp³-hybridized carbons (Fsp3) is 0.273. The zero-order valence-corrected chi connectivity index (χ0v) is 10.5. The van der Waals surface area contributed by atoms with Gasteiger partial charge < -0.3 is 5.32 Å². The summed E-state index contributed by atoms with van der Waals surface area (Å²) in [6.45, 7) is 2.51. The number of aryl methyl sites for hydroxylation is 1. The van der Waals surface area contributed by atoms with E-state index in [0.717, 1.165) is 22.5 Å². The maximum Gasteiger partial charge on any atom is 0.189 e. The van der Waals surface area contributed by atoms with Gasteiger partial charge in [-0.1, -0.05) is 11.8 Å². The predicted molar refractivity (Wildman–Crippen MR) is 67.9 cm³/mol. The first-order chi connectivity index (χ1) is 8.28. The van der Waals surface area contributed by atoms with Crippen LogP contribution in [0.4, 0.5) is 5.82 Å². The van der Waals surface area contributed by atoms with E-state index in [1.54, 1.807) is 18.5 Å². The third kappa shape index (κ3) is 3.39. The quantitative estimate of drug-likeness (QED) is 0.657. The molecule has 0 bridgehead atoms. The fourth-order valence-electron chi connectivity index (χ4n) is 1.31. The Morgan fingerprint density at radius 2 is 2.00 bits per heavy atom. The van der Waals surface area contributed by atoms with Crippen LogP contribution in [0.5, 0.6) is 0 Å². The van der Waals surface area contributed by atoms with Gasteiger partial charge in [0.05, 0.1) is 6.54 Å². The smallest absolute Gasteiger partial charge is 0.189 e. The monoisotopic (exact) mass is 247 g/mol. The molecule has 0 aliphatic rings. The first-order valence-electron chi connectivity index (χ1n) is 5.17. The number of aromatic nitrogens is 4. The molecule has 0 fully saturated rings. The van der Waals surface area contributed by atoms with E-state index in [1.807, 2.05) is 19.2 Å². The van der Waals surface area contributed by atoms with Crippen molar-refractivity contribution in [1.82, 2.24) is 19.9 Å². The van der Waals surface area contributed by atoms with Crippen LogP contribution in [-0.4, -0.2) is 26.2 Å². The Morgan fingerprint density at radius 3 is 2.71 bits per heavy atom. The second kappa shape index (κ2) is 5.58. The molecular weight excluding hydrogens is 234 g/mol. The highest BCUT2D eigenvalue weighted by atomic mass is 32.2. The first-order valence-corrected chi connectivity index (χ1v) is 6.40. The van der Waals surface area contributed by atoms with Gasteiger partial charge >= 0.3 is 0 Å². The van der Waals surface area contributed by atoms with E-state index in [4.69, 9.17) is 0 Å². The maximum atomic E-state index is 4.35. The Morgan fingerprint density at radius 1 is 1.24 bits per heavy atom. The molecule has 2 rings (SSSR count). The van der Waals surface area contributed by atoms with Crippen LogP contribution in [0.25, 0.3) is 0 Å². The molecule has 0 spiro atoms. The van der Waals surface area contributed by atoms with E-state index in [2.05, 4.69) is 25.3 Å². The largest absolute Gasteiger partial charge is 0.363 e. The van der Waals surface area contributed by atoms with Crippen LogP contribution in [0.15, 0.2) is 29.7 Å². The topological polar surface area (TPSA) is 63.6 Å². The highest BCUT2D eigenvalue weighted by molar-refractivity contribution is 7.98. The molecule has 88 valence electrons. The minimum atomic E-state index is 0.561. The van der Waals surface area contributed by atoms with Crippen LogP contribution >= 0.6 is 11.8 Å². The molecule has 0 saturated heterocycles. The summed E-state index contributed by atoms with van der Waals surface area (Å²) in [4.78, 5) is 16.9. The Hall–Kier alpha value is -1.69. The summed E-state index contributed by atoms with van der Waals surface area (Å²) in [7, 11) is 0. The van der Waals surface area contributed by atoms with Gasteiger partial charge in [0.25, 0.3) is 0 Å². The van der Waals surface area contributed by atoms with Crippen LogP contribution in [0.2, 0.25) is 0 Å². The van der Waals surface area contributed by atoms with E-state index < -0.39 is 0 Å². The molecule has 0 aliphatic heterocycles. The van der Waals surface area contributed by atoms with Crippen molar-refractivity contribution < 1.29 is 0 Å². The molecule has 6 heteroatoms. The number of hydrogen-bond acceptors (Lipinski definition) is 6. The van der Waals surface area contributed by atoms with Gasteiger partial charge in [0, 0.05) is 24.2 Å². The SMILES string of the molecule is CSc1nc(C)cc(NCc2ncccn2)n1. The van der Waals surface area contributed by atoms with Crippen molar-refractivity contribution >= 4 is 17.6 Å². The number of anilines is 1. The molecule has 0 aromatic carbocycles. The lowest BCUT2D eigenvalue weighted by Crippen LogP contribution is -2.06. The van der Waals surface area contributed by atoms with Crippen LogP contribution in [0, 0.1) is 6.92 Å². The number of nitrogens with one attached hydrogen (secondary N) is 1. The molecule has 2 heterocycles. The normalized spacial score (nSPS) is 10.2. The summed E-state index contributed by atoms with van der Waals surface area (Å²) >= 11 is 1.53. The van der Waals surface area contributed by atoms with E-state index >= 15 is 0 Å². The van der Waals surface area contributed by atoms with Crippen molar-refractivity contribution in [2.24, 2.45) is 0 Å². The third-order valence-electron chi connectivity index (χ3n) is 2.06. The van der Waals surface area contributed by atoms with Crippen molar-refractivity contribution in [3.8, 4) is 0 Å². The highest BCUT2D eigenvalue weighted by Gasteiger charge is 2.01.